The number of Topliss-reactive ketones (excluding diaryl/α,β-unsaturated/α-hetero) is 2. The van der Waals surface area contributed by atoms with Gasteiger partial charge in [0.2, 0.25) is 5.54 Å². The van der Waals surface area contributed by atoms with Crippen LogP contribution >= 0.6 is 0 Å². The Bertz CT molecular complexity index is 369. The summed E-state index contributed by atoms with van der Waals surface area (Å²) in [5.74, 6) is -0.647. The van der Waals surface area contributed by atoms with Gasteiger partial charge in [-0.1, -0.05) is 0 Å². The molecule has 1 atom stereocenters. The van der Waals surface area contributed by atoms with Gasteiger partial charge in [-0.05, 0) is 19.8 Å². The average Bonchev–Trinajstić information content (AvgIpc) is 3.02. The number of nitrogens with zero attached hydrogens (tertiary/aromatic N) is 1. The number of ketones is 2. The summed E-state index contributed by atoms with van der Waals surface area (Å²) in [6.45, 7) is 2.93. The summed E-state index contributed by atoms with van der Waals surface area (Å²) in [4.78, 5) is 34.6. The number of nitro groups is 1. The zero-order valence-electron chi connectivity index (χ0n) is 9.49. The van der Waals surface area contributed by atoms with Gasteiger partial charge in [0.05, 0.1) is 0 Å². The lowest BCUT2D eigenvalue weighted by Crippen LogP contribution is -2.57. The maximum absolute atomic E-state index is 11.9. The fraction of sp³-hybridized carbons (Fsp3) is 0.818. The highest BCUT2D eigenvalue weighted by atomic mass is 16.6. The van der Waals surface area contributed by atoms with E-state index in [9.17, 15) is 19.7 Å². The molecule has 0 aliphatic heterocycles. The minimum atomic E-state index is -1.41. The molecule has 1 unspecified atom stereocenters. The molecule has 2 aliphatic carbocycles. The SMILES string of the molecule is CC1(C(C)(C2CC2)[N+](=O)[O-])C(=O)CCC1=O. The van der Waals surface area contributed by atoms with Crippen LogP contribution in [0.25, 0.3) is 0 Å². The zero-order chi connectivity index (χ0) is 12.1. The Morgan fingerprint density at radius 3 is 2.06 bits per heavy atom. The molecule has 0 bridgehead atoms. The van der Waals surface area contributed by atoms with Crippen molar-refractivity contribution >= 4 is 11.6 Å². The van der Waals surface area contributed by atoms with Gasteiger partial charge >= 0.3 is 0 Å². The molecular weight excluding hydrogens is 210 g/mol. The maximum Gasteiger partial charge on any atom is 0.241 e. The van der Waals surface area contributed by atoms with E-state index in [0.29, 0.717) is 0 Å². The Balaban J connectivity index is 2.50. The summed E-state index contributed by atoms with van der Waals surface area (Å²) in [7, 11) is 0. The third-order valence-electron chi connectivity index (χ3n) is 4.46. The molecule has 0 N–H and O–H groups in total. The van der Waals surface area contributed by atoms with Gasteiger partial charge in [-0.15, -0.1) is 0 Å². The average molecular weight is 225 g/mol. The molecule has 0 spiro atoms. The van der Waals surface area contributed by atoms with E-state index in [0.717, 1.165) is 12.8 Å². The Labute approximate surface area is 93.4 Å². The molecule has 2 aliphatic rings. The van der Waals surface area contributed by atoms with Gasteiger partial charge in [-0.2, -0.15) is 0 Å². The van der Waals surface area contributed by atoms with Crippen LogP contribution < -0.4 is 0 Å². The highest BCUT2D eigenvalue weighted by molar-refractivity contribution is 6.13. The summed E-state index contributed by atoms with van der Waals surface area (Å²) in [6, 6.07) is 0. The number of hydrogen-bond acceptors (Lipinski definition) is 4. The van der Waals surface area contributed by atoms with Gasteiger partial charge in [0.1, 0.15) is 0 Å². The predicted molar refractivity (Wildman–Crippen MR) is 55.5 cm³/mol. The number of hydrogen-bond donors (Lipinski definition) is 0. The van der Waals surface area contributed by atoms with Crippen molar-refractivity contribution in [3.63, 3.8) is 0 Å². The molecule has 16 heavy (non-hydrogen) atoms. The smallest absolute Gasteiger partial charge is 0.241 e. The van der Waals surface area contributed by atoms with Crippen LogP contribution in [0.15, 0.2) is 0 Å². The molecular formula is C11H15NO4. The van der Waals surface area contributed by atoms with Crippen LogP contribution in [0, 0.1) is 21.4 Å². The topological polar surface area (TPSA) is 77.3 Å². The first-order valence-corrected chi connectivity index (χ1v) is 5.56. The van der Waals surface area contributed by atoms with Crippen molar-refractivity contribution in [2.24, 2.45) is 11.3 Å². The van der Waals surface area contributed by atoms with Gasteiger partial charge in [-0.25, -0.2) is 0 Å². The molecule has 5 nitrogen and oxygen atoms in total. The quantitative estimate of drug-likeness (QED) is 0.413. The van der Waals surface area contributed by atoms with E-state index in [-0.39, 0.29) is 30.3 Å². The van der Waals surface area contributed by atoms with Crippen LogP contribution in [-0.2, 0) is 9.59 Å². The maximum atomic E-state index is 11.9. The molecule has 0 saturated heterocycles. The molecule has 88 valence electrons. The molecule has 0 heterocycles. The highest BCUT2D eigenvalue weighted by Gasteiger charge is 2.70. The van der Waals surface area contributed by atoms with Gasteiger partial charge < -0.3 is 0 Å². The Morgan fingerprint density at radius 2 is 1.75 bits per heavy atom. The molecule has 0 aromatic rings. The molecule has 2 saturated carbocycles. The van der Waals surface area contributed by atoms with Gasteiger partial charge in [0.25, 0.3) is 0 Å². The van der Waals surface area contributed by atoms with Crippen molar-refractivity contribution in [3.8, 4) is 0 Å². The first-order chi connectivity index (χ1) is 7.35. The molecule has 2 fully saturated rings. The van der Waals surface area contributed by atoms with Gasteiger partial charge in [0, 0.05) is 30.6 Å². The fourth-order valence-electron chi connectivity index (χ4n) is 2.83. The lowest BCUT2D eigenvalue weighted by molar-refractivity contribution is -0.583. The third-order valence-corrected chi connectivity index (χ3v) is 4.46. The van der Waals surface area contributed by atoms with E-state index in [1.807, 2.05) is 0 Å². The number of rotatable bonds is 3. The van der Waals surface area contributed by atoms with Gasteiger partial charge in [-0.3, -0.25) is 19.7 Å². The Morgan fingerprint density at radius 1 is 1.31 bits per heavy atom. The van der Waals surface area contributed by atoms with Crippen LogP contribution in [0.3, 0.4) is 0 Å². The van der Waals surface area contributed by atoms with Crippen LogP contribution in [-0.4, -0.2) is 22.0 Å². The minimum Gasteiger partial charge on any atom is -0.298 e. The normalized spacial score (nSPS) is 27.9. The predicted octanol–water partition coefficient (Wildman–Crippen LogP) is 1.37. The monoisotopic (exact) mass is 225 g/mol. The van der Waals surface area contributed by atoms with E-state index < -0.39 is 15.9 Å². The highest BCUT2D eigenvalue weighted by Crippen LogP contribution is 2.54. The zero-order valence-corrected chi connectivity index (χ0v) is 9.49. The van der Waals surface area contributed by atoms with Crippen molar-refractivity contribution < 1.29 is 14.5 Å². The van der Waals surface area contributed by atoms with Gasteiger partial charge in [0.15, 0.2) is 17.0 Å². The number of carbonyl (C=O) groups excluding carboxylic acids is 2. The molecule has 0 aromatic heterocycles. The largest absolute Gasteiger partial charge is 0.298 e. The summed E-state index contributed by atoms with van der Waals surface area (Å²) in [5.41, 5.74) is -2.81. The second-order valence-corrected chi connectivity index (χ2v) is 5.15. The van der Waals surface area contributed by atoms with Crippen molar-refractivity contribution in [2.75, 3.05) is 0 Å². The first kappa shape index (κ1) is 11.2. The molecule has 0 aromatic carbocycles. The molecule has 5 heteroatoms. The van der Waals surface area contributed by atoms with Crippen molar-refractivity contribution in [1.29, 1.82) is 0 Å². The van der Waals surface area contributed by atoms with E-state index in [4.69, 9.17) is 0 Å². The molecule has 0 radical (unpaired) electrons. The first-order valence-electron chi connectivity index (χ1n) is 5.56. The van der Waals surface area contributed by atoms with Crippen LogP contribution in [0.5, 0.6) is 0 Å². The lowest BCUT2D eigenvalue weighted by Gasteiger charge is -2.34. The van der Waals surface area contributed by atoms with E-state index in [2.05, 4.69) is 0 Å². The molecule has 0 amide bonds. The lowest BCUT2D eigenvalue weighted by atomic mass is 9.67. The van der Waals surface area contributed by atoms with Crippen molar-refractivity contribution in [3.05, 3.63) is 10.1 Å². The second kappa shape index (κ2) is 3.12. The van der Waals surface area contributed by atoms with Crippen LogP contribution in [0.1, 0.15) is 39.5 Å². The molecule has 2 rings (SSSR count). The Hall–Kier alpha value is -1.26. The second-order valence-electron chi connectivity index (χ2n) is 5.15. The van der Waals surface area contributed by atoms with E-state index in [1.165, 1.54) is 13.8 Å². The van der Waals surface area contributed by atoms with E-state index in [1.54, 1.807) is 0 Å². The van der Waals surface area contributed by atoms with Crippen LogP contribution in [0.2, 0.25) is 0 Å². The van der Waals surface area contributed by atoms with Crippen molar-refractivity contribution in [2.45, 2.75) is 45.1 Å². The standard InChI is InChI=1S/C11H15NO4/c1-10(8(13)5-6-9(10)14)11(2,12(15)16)7-3-4-7/h7H,3-6H2,1-2H3. The Kier molecular flexibility index (Phi) is 2.19. The summed E-state index contributed by atoms with van der Waals surface area (Å²) >= 11 is 0. The minimum absolute atomic E-state index is 0.126. The van der Waals surface area contributed by atoms with E-state index >= 15 is 0 Å². The summed E-state index contributed by atoms with van der Waals surface area (Å²) in [5, 5.41) is 11.3. The number of carbonyl (C=O) groups is 2. The summed E-state index contributed by atoms with van der Waals surface area (Å²) in [6.07, 6.45) is 1.80. The summed E-state index contributed by atoms with van der Waals surface area (Å²) < 4.78 is 0. The third kappa shape index (κ3) is 1.11. The van der Waals surface area contributed by atoms with Crippen molar-refractivity contribution in [1.82, 2.24) is 0 Å². The van der Waals surface area contributed by atoms with Crippen LogP contribution in [0.4, 0.5) is 0 Å². The fourth-order valence-corrected chi connectivity index (χ4v) is 2.83.